The molecule has 0 saturated heterocycles. The van der Waals surface area contributed by atoms with Crippen LogP contribution in [0.1, 0.15) is 18.1 Å². The molecule has 2 aromatic rings. The molecule has 0 spiro atoms. The highest BCUT2D eigenvalue weighted by Gasteiger charge is 1.99. The first-order valence-electron chi connectivity index (χ1n) is 6.31. The smallest absolute Gasteiger partial charge is 0.0419 e. The Morgan fingerprint density at radius 1 is 0.944 bits per heavy atom. The Morgan fingerprint density at radius 3 is 2.33 bits per heavy atom. The number of nitrogens with one attached hydrogen (secondary N) is 1. The van der Waals surface area contributed by atoms with Crippen molar-refractivity contribution in [2.45, 2.75) is 19.9 Å². The fourth-order valence-corrected chi connectivity index (χ4v) is 1.85. The molecule has 0 saturated carbocycles. The lowest BCUT2D eigenvalue weighted by molar-refractivity contribution is 0.999. The maximum atomic E-state index is 3.49. The van der Waals surface area contributed by atoms with Gasteiger partial charge in [0, 0.05) is 11.7 Å². The van der Waals surface area contributed by atoms with Gasteiger partial charge in [-0.3, -0.25) is 0 Å². The Labute approximate surface area is 109 Å². The third kappa shape index (κ3) is 3.49. The van der Waals surface area contributed by atoms with Crippen LogP contribution in [0.3, 0.4) is 0 Å². The van der Waals surface area contributed by atoms with Gasteiger partial charge >= 0.3 is 0 Å². The van der Waals surface area contributed by atoms with Crippen LogP contribution in [0.15, 0.2) is 60.7 Å². The van der Waals surface area contributed by atoms with Crippen molar-refractivity contribution in [3.63, 3.8) is 0 Å². The van der Waals surface area contributed by atoms with Crippen LogP contribution in [0, 0.1) is 6.92 Å². The van der Waals surface area contributed by atoms with E-state index in [1.807, 2.05) is 6.07 Å². The number of anilines is 1. The normalized spacial score (nSPS) is 12.6. The van der Waals surface area contributed by atoms with Crippen molar-refractivity contribution in [2.75, 3.05) is 5.32 Å². The van der Waals surface area contributed by atoms with Crippen LogP contribution >= 0.6 is 0 Å². The van der Waals surface area contributed by atoms with Crippen LogP contribution in [0.25, 0.3) is 6.08 Å². The van der Waals surface area contributed by atoms with Gasteiger partial charge in [-0.2, -0.15) is 0 Å². The van der Waals surface area contributed by atoms with E-state index in [1.54, 1.807) is 0 Å². The van der Waals surface area contributed by atoms with Crippen LogP contribution in [0.4, 0.5) is 5.69 Å². The van der Waals surface area contributed by atoms with Gasteiger partial charge < -0.3 is 5.32 Å². The summed E-state index contributed by atoms with van der Waals surface area (Å²) in [5, 5.41) is 3.49. The number of para-hydroxylation sites is 1. The van der Waals surface area contributed by atoms with Gasteiger partial charge in [0.2, 0.25) is 0 Å². The van der Waals surface area contributed by atoms with E-state index in [0.717, 1.165) is 0 Å². The van der Waals surface area contributed by atoms with Gasteiger partial charge in [0.15, 0.2) is 0 Å². The molecule has 0 bridgehead atoms. The van der Waals surface area contributed by atoms with Crippen molar-refractivity contribution in [3.8, 4) is 0 Å². The van der Waals surface area contributed by atoms with Crippen molar-refractivity contribution in [3.05, 3.63) is 71.8 Å². The summed E-state index contributed by atoms with van der Waals surface area (Å²) in [6.07, 6.45) is 4.33. The van der Waals surface area contributed by atoms with E-state index in [9.17, 15) is 0 Å². The topological polar surface area (TPSA) is 12.0 Å². The van der Waals surface area contributed by atoms with Crippen molar-refractivity contribution >= 4 is 11.8 Å². The summed E-state index contributed by atoms with van der Waals surface area (Å²) in [5.41, 5.74) is 3.70. The first kappa shape index (κ1) is 12.4. The van der Waals surface area contributed by atoms with Gasteiger partial charge in [-0.15, -0.1) is 0 Å². The fraction of sp³-hybridized carbons (Fsp3) is 0.176. The molecule has 0 aliphatic carbocycles. The monoisotopic (exact) mass is 237 g/mol. The fourth-order valence-electron chi connectivity index (χ4n) is 1.85. The molecule has 0 radical (unpaired) electrons. The van der Waals surface area contributed by atoms with Crippen molar-refractivity contribution in [1.29, 1.82) is 0 Å². The summed E-state index contributed by atoms with van der Waals surface area (Å²) in [5.74, 6) is 0. The third-order valence-electron chi connectivity index (χ3n) is 2.91. The molecule has 1 nitrogen and oxygen atoms in total. The first-order chi connectivity index (χ1) is 8.75. The zero-order valence-electron chi connectivity index (χ0n) is 10.9. The Bertz CT molecular complexity index is 514. The summed E-state index contributed by atoms with van der Waals surface area (Å²) >= 11 is 0. The minimum Gasteiger partial charge on any atom is -0.379 e. The van der Waals surface area contributed by atoms with E-state index in [4.69, 9.17) is 0 Å². The van der Waals surface area contributed by atoms with Crippen molar-refractivity contribution in [2.24, 2.45) is 0 Å². The van der Waals surface area contributed by atoms with Gasteiger partial charge in [0.25, 0.3) is 0 Å². The van der Waals surface area contributed by atoms with E-state index in [1.165, 1.54) is 16.8 Å². The number of aryl methyl sites for hydroxylation is 1. The second-order valence-corrected chi connectivity index (χ2v) is 4.52. The van der Waals surface area contributed by atoms with Crippen LogP contribution < -0.4 is 5.32 Å². The molecule has 92 valence electrons. The molecule has 0 fully saturated rings. The highest BCUT2D eigenvalue weighted by atomic mass is 14.9. The molecule has 1 unspecified atom stereocenters. The van der Waals surface area contributed by atoms with Gasteiger partial charge in [0.05, 0.1) is 0 Å². The number of hydrogen-bond donors (Lipinski definition) is 1. The van der Waals surface area contributed by atoms with Gasteiger partial charge in [-0.1, -0.05) is 60.7 Å². The van der Waals surface area contributed by atoms with Gasteiger partial charge in [-0.05, 0) is 31.0 Å². The quantitative estimate of drug-likeness (QED) is 0.825. The van der Waals surface area contributed by atoms with Crippen LogP contribution in [0.5, 0.6) is 0 Å². The Kier molecular flexibility index (Phi) is 4.19. The number of rotatable bonds is 4. The molecule has 1 N–H and O–H groups in total. The van der Waals surface area contributed by atoms with Crippen molar-refractivity contribution in [1.82, 2.24) is 0 Å². The zero-order valence-corrected chi connectivity index (χ0v) is 10.9. The van der Waals surface area contributed by atoms with E-state index in [-0.39, 0.29) is 0 Å². The third-order valence-corrected chi connectivity index (χ3v) is 2.91. The lowest BCUT2D eigenvalue weighted by atomic mass is 10.1. The minimum atomic E-state index is 0.311. The van der Waals surface area contributed by atoms with E-state index < -0.39 is 0 Å². The lowest BCUT2D eigenvalue weighted by Crippen LogP contribution is -2.12. The average Bonchev–Trinajstić information content (AvgIpc) is 2.40. The summed E-state index contributed by atoms with van der Waals surface area (Å²) in [7, 11) is 0. The second kappa shape index (κ2) is 6.06. The highest BCUT2D eigenvalue weighted by molar-refractivity contribution is 5.54. The van der Waals surface area contributed by atoms with Gasteiger partial charge in [-0.25, -0.2) is 0 Å². The van der Waals surface area contributed by atoms with Crippen LogP contribution in [-0.4, -0.2) is 6.04 Å². The second-order valence-electron chi connectivity index (χ2n) is 4.52. The summed E-state index contributed by atoms with van der Waals surface area (Å²) < 4.78 is 0. The molecule has 0 aliphatic rings. The molecule has 0 amide bonds. The maximum absolute atomic E-state index is 3.49. The molecular formula is C17H19N. The molecule has 0 aromatic heterocycles. The minimum absolute atomic E-state index is 0.311. The predicted molar refractivity (Wildman–Crippen MR) is 79.7 cm³/mol. The van der Waals surface area contributed by atoms with Gasteiger partial charge in [0.1, 0.15) is 0 Å². The zero-order chi connectivity index (χ0) is 12.8. The Morgan fingerprint density at radius 2 is 1.61 bits per heavy atom. The highest BCUT2D eigenvalue weighted by Crippen LogP contribution is 2.15. The average molecular weight is 237 g/mol. The largest absolute Gasteiger partial charge is 0.379 e. The summed E-state index contributed by atoms with van der Waals surface area (Å²) in [6.45, 7) is 4.28. The number of benzene rings is 2. The molecule has 1 atom stereocenters. The Hall–Kier alpha value is -2.02. The molecule has 0 aliphatic heterocycles. The summed E-state index contributed by atoms with van der Waals surface area (Å²) in [6, 6.07) is 19.0. The molecule has 1 heteroatoms. The molecule has 2 rings (SSSR count). The van der Waals surface area contributed by atoms with Crippen LogP contribution in [-0.2, 0) is 0 Å². The number of hydrogen-bond acceptors (Lipinski definition) is 1. The van der Waals surface area contributed by atoms with E-state index >= 15 is 0 Å². The lowest BCUT2D eigenvalue weighted by Gasteiger charge is -2.13. The van der Waals surface area contributed by atoms with E-state index in [2.05, 4.69) is 79.8 Å². The first-order valence-corrected chi connectivity index (χ1v) is 6.31. The molecule has 18 heavy (non-hydrogen) atoms. The predicted octanol–water partition coefficient (Wildman–Crippen LogP) is 4.51. The Balaban J connectivity index is 1.99. The molecule has 2 aromatic carbocycles. The maximum Gasteiger partial charge on any atom is 0.0419 e. The SMILES string of the molecule is Cc1ccccc1NC(C)C=Cc1ccccc1. The van der Waals surface area contributed by atoms with Crippen LogP contribution in [0.2, 0.25) is 0 Å². The van der Waals surface area contributed by atoms with E-state index in [0.29, 0.717) is 6.04 Å². The summed E-state index contributed by atoms with van der Waals surface area (Å²) in [4.78, 5) is 0. The standard InChI is InChI=1S/C17H19N/c1-14-8-6-7-11-17(14)18-15(2)12-13-16-9-4-3-5-10-16/h3-13,15,18H,1-2H3. The molecule has 0 heterocycles. The van der Waals surface area contributed by atoms with Crippen molar-refractivity contribution < 1.29 is 0 Å². The molecular weight excluding hydrogens is 218 g/mol.